The Bertz CT molecular complexity index is 1070. The van der Waals surface area contributed by atoms with Gasteiger partial charge >= 0.3 is 0 Å². The highest BCUT2D eigenvalue weighted by Crippen LogP contribution is 2.29. The molecule has 0 saturated heterocycles. The monoisotopic (exact) mass is 417 g/mol. The molecule has 1 atom stereocenters. The number of rotatable bonds is 5. The van der Waals surface area contributed by atoms with E-state index in [1.54, 1.807) is 28.0 Å². The van der Waals surface area contributed by atoms with Gasteiger partial charge < -0.3 is 4.90 Å². The second-order valence-corrected chi connectivity index (χ2v) is 9.58. The molecular formula is C19H19N3O2S3. The summed E-state index contributed by atoms with van der Waals surface area (Å²) < 4.78 is 1.60. The van der Waals surface area contributed by atoms with Crippen LogP contribution >= 0.6 is 34.4 Å². The van der Waals surface area contributed by atoms with Crippen molar-refractivity contribution in [3.63, 3.8) is 0 Å². The van der Waals surface area contributed by atoms with Gasteiger partial charge in [-0.1, -0.05) is 17.8 Å². The largest absolute Gasteiger partial charge is 0.337 e. The van der Waals surface area contributed by atoms with Crippen molar-refractivity contribution in [2.75, 3.05) is 6.54 Å². The number of allylic oxidation sites excluding steroid dienone is 1. The molecule has 0 bridgehead atoms. The molecule has 0 radical (unpaired) electrons. The number of nitrogens with zero attached hydrogens (tertiary/aromatic N) is 3. The maximum Gasteiger partial charge on any atom is 0.263 e. The van der Waals surface area contributed by atoms with Gasteiger partial charge in [-0.15, -0.1) is 29.3 Å². The Morgan fingerprint density at radius 1 is 1.41 bits per heavy atom. The highest BCUT2D eigenvalue weighted by Gasteiger charge is 2.27. The molecule has 1 unspecified atom stereocenters. The van der Waals surface area contributed by atoms with Crippen LogP contribution in [-0.2, 0) is 24.3 Å². The van der Waals surface area contributed by atoms with E-state index < -0.39 is 0 Å². The van der Waals surface area contributed by atoms with E-state index in [-0.39, 0.29) is 16.7 Å². The van der Waals surface area contributed by atoms with Crippen molar-refractivity contribution in [1.82, 2.24) is 14.5 Å². The average molecular weight is 418 g/mol. The minimum atomic E-state index is -0.314. The Morgan fingerprint density at radius 2 is 2.22 bits per heavy atom. The van der Waals surface area contributed by atoms with Gasteiger partial charge in [0.2, 0.25) is 5.91 Å². The van der Waals surface area contributed by atoms with Gasteiger partial charge in [0.05, 0.1) is 10.6 Å². The molecule has 4 heterocycles. The van der Waals surface area contributed by atoms with E-state index in [1.165, 1.54) is 33.5 Å². The summed E-state index contributed by atoms with van der Waals surface area (Å²) in [5.41, 5.74) is 1.17. The van der Waals surface area contributed by atoms with Crippen molar-refractivity contribution in [2.24, 2.45) is 0 Å². The minimum absolute atomic E-state index is 0.0795. The lowest BCUT2D eigenvalue weighted by atomic mass is 10.1. The standard InChI is InChI=1S/C19H19N3O2S3/c1-3-7-22-18(24)14-6-10-26-16(14)20-19(22)27-12(2)17(23)21-8-4-15-13(11-21)5-9-25-15/h3,5-6,9-10,12H,1,4,7-8,11H2,2H3. The van der Waals surface area contributed by atoms with Crippen molar-refractivity contribution < 1.29 is 4.79 Å². The van der Waals surface area contributed by atoms with Crippen LogP contribution in [0.4, 0.5) is 0 Å². The molecule has 3 aromatic heterocycles. The summed E-state index contributed by atoms with van der Waals surface area (Å²) in [7, 11) is 0. The van der Waals surface area contributed by atoms with Crippen molar-refractivity contribution in [3.05, 3.63) is 56.3 Å². The van der Waals surface area contributed by atoms with Crippen LogP contribution in [0, 0.1) is 0 Å². The fourth-order valence-corrected chi connectivity index (χ4v) is 5.91. The van der Waals surface area contributed by atoms with E-state index in [9.17, 15) is 9.59 Å². The van der Waals surface area contributed by atoms with Crippen molar-refractivity contribution in [3.8, 4) is 0 Å². The zero-order valence-electron chi connectivity index (χ0n) is 14.9. The Kier molecular flexibility index (Phi) is 5.21. The summed E-state index contributed by atoms with van der Waals surface area (Å²) in [6.07, 6.45) is 2.59. The summed E-state index contributed by atoms with van der Waals surface area (Å²) in [5.74, 6) is 0.0857. The average Bonchev–Trinajstić information content (AvgIpc) is 3.32. The Hall–Kier alpha value is -1.90. The molecule has 0 aromatic carbocycles. The molecule has 1 aliphatic heterocycles. The predicted molar refractivity (Wildman–Crippen MR) is 113 cm³/mol. The summed E-state index contributed by atoms with van der Waals surface area (Å²) in [5, 5.41) is 4.83. The fraction of sp³-hybridized carbons (Fsp3) is 0.316. The molecule has 1 aliphatic rings. The highest BCUT2D eigenvalue weighted by atomic mass is 32.2. The maximum absolute atomic E-state index is 13.0. The van der Waals surface area contributed by atoms with Crippen LogP contribution in [-0.4, -0.2) is 32.2 Å². The zero-order valence-corrected chi connectivity index (χ0v) is 17.3. The first-order chi connectivity index (χ1) is 13.1. The summed E-state index contributed by atoms with van der Waals surface area (Å²) >= 11 is 4.55. The Labute approximate surface area is 169 Å². The zero-order chi connectivity index (χ0) is 19.0. The molecule has 0 spiro atoms. The van der Waals surface area contributed by atoms with E-state index in [4.69, 9.17) is 0 Å². The van der Waals surface area contributed by atoms with Crippen LogP contribution in [0.15, 0.2) is 45.5 Å². The summed E-state index contributed by atoms with van der Waals surface area (Å²) in [6, 6.07) is 3.90. The first kappa shape index (κ1) is 18.5. The molecule has 8 heteroatoms. The summed E-state index contributed by atoms with van der Waals surface area (Å²) in [4.78, 5) is 34.3. The Morgan fingerprint density at radius 3 is 3.04 bits per heavy atom. The molecule has 0 N–H and O–H groups in total. The van der Waals surface area contributed by atoms with E-state index >= 15 is 0 Å². The predicted octanol–water partition coefficient (Wildman–Crippen LogP) is 3.77. The van der Waals surface area contributed by atoms with Gasteiger partial charge in [-0.25, -0.2) is 4.98 Å². The number of thioether (sulfide) groups is 1. The fourth-order valence-electron chi connectivity index (χ4n) is 3.21. The van der Waals surface area contributed by atoms with Gasteiger partial charge in [-0.3, -0.25) is 14.2 Å². The molecule has 1 amide bonds. The van der Waals surface area contributed by atoms with Gasteiger partial charge in [-0.2, -0.15) is 0 Å². The number of aromatic nitrogens is 2. The maximum atomic E-state index is 13.0. The van der Waals surface area contributed by atoms with E-state index in [2.05, 4.69) is 23.0 Å². The number of amides is 1. The van der Waals surface area contributed by atoms with Crippen molar-refractivity contribution in [2.45, 2.75) is 36.8 Å². The number of thiophene rings is 2. The molecule has 27 heavy (non-hydrogen) atoms. The molecule has 4 rings (SSSR count). The second kappa shape index (κ2) is 7.61. The topological polar surface area (TPSA) is 55.2 Å². The number of hydrogen-bond acceptors (Lipinski definition) is 6. The van der Waals surface area contributed by atoms with Crippen molar-refractivity contribution >= 4 is 50.6 Å². The van der Waals surface area contributed by atoms with Crippen LogP contribution < -0.4 is 5.56 Å². The van der Waals surface area contributed by atoms with Crippen LogP contribution in [0.3, 0.4) is 0 Å². The minimum Gasteiger partial charge on any atom is -0.337 e. The SMILES string of the molecule is C=CCn1c(SC(C)C(=O)N2CCc3sccc3C2)nc2sccc2c1=O. The van der Waals surface area contributed by atoms with Gasteiger partial charge in [-0.05, 0) is 41.8 Å². The summed E-state index contributed by atoms with van der Waals surface area (Å²) in [6.45, 7) is 7.42. The van der Waals surface area contributed by atoms with E-state index in [0.717, 1.165) is 13.0 Å². The van der Waals surface area contributed by atoms with Crippen molar-refractivity contribution in [1.29, 1.82) is 0 Å². The third kappa shape index (κ3) is 3.49. The lowest BCUT2D eigenvalue weighted by Crippen LogP contribution is -2.40. The second-order valence-electron chi connectivity index (χ2n) is 6.38. The first-order valence-corrected chi connectivity index (χ1v) is 11.3. The first-order valence-electron chi connectivity index (χ1n) is 8.68. The van der Waals surface area contributed by atoms with Gasteiger partial charge in [0, 0.05) is 24.5 Å². The van der Waals surface area contributed by atoms with E-state index in [1.807, 2.05) is 17.2 Å². The third-order valence-corrected chi connectivity index (χ3v) is 7.52. The molecule has 140 valence electrons. The smallest absolute Gasteiger partial charge is 0.263 e. The van der Waals surface area contributed by atoms with E-state index in [0.29, 0.717) is 28.5 Å². The number of hydrogen-bond donors (Lipinski definition) is 0. The molecule has 3 aromatic rings. The lowest BCUT2D eigenvalue weighted by molar-refractivity contribution is -0.131. The molecule has 0 fully saturated rings. The van der Waals surface area contributed by atoms with Crippen LogP contribution in [0.2, 0.25) is 0 Å². The molecule has 0 aliphatic carbocycles. The number of carbonyl (C=O) groups excluding carboxylic acids is 1. The number of carbonyl (C=O) groups is 1. The lowest BCUT2D eigenvalue weighted by Gasteiger charge is -2.29. The highest BCUT2D eigenvalue weighted by molar-refractivity contribution is 8.00. The Balaban J connectivity index is 1.58. The van der Waals surface area contributed by atoms with Crippen LogP contribution in [0.1, 0.15) is 17.4 Å². The number of fused-ring (bicyclic) bond motifs is 2. The van der Waals surface area contributed by atoms with Gasteiger partial charge in [0.1, 0.15) is 4.83 Å². The normalized spacial score (nSPS) is 14.9. The third-order valence-electron chi connectivity index (χ3n) is 4.61. The van der Waals surface area contributed by atoms with Gasteiger partial charge in [0.25, 0.3) is 5.56 Å². The molecule has 5 nitrogen and oxygen atoms in total. The van der Waals surface area contributed by atoms with Gasteiger partial charge in [0.15, 0.2) is 5.16 Å². The molecule has 0 saturated carbocycles. The quantitative estimate of drug-likeness (QED) is 0.360. The van der Waals surface area contributed by atoms with Crippen LogP contribution in [0.5, 0.6) is 0 Å². The van der Waals surface area contributed by atoms with Crippen LogP contribution in [0.25, 0.3) is 10.2 Å². The molecular weight excluding hydrogens is 398 g/mol.